The van der Waals surface area contributed by atoms with Gasteiger partial charge in [0, 0.05) is 76.6 Å². The van der Waals surface area contributed by atoms with Crippen LogP contribution in [0.4, 0.5) is 0 Å². The quantitative estimate of drug-likeness (QED) is 0.240. The predicted octanol–water partition coefficient (Wildman–Crippen LogP) is 6.57. The van der Waals surface area contributed by atoms with Gasteiger partial charge < -0.3 is 9.80 Å². The Hall–Kier alpha value is -2.92. The van der Waals surface area contributed by atoms with Gasteiger partial charge in [-0.05, 0) is 129 Å². The van der Waals surface area contributed by atoms with Gasteiger partial charge in [-0.3, -0.25) is 30.0 Å². The molecule has 0 unspecified atom stereocenters. The number of nitrogens with zero attached hydrogens (tertiary/aromatic N) is 8. The predicted molar refractivity (Wildman–Crippen MR) is 215 cm³/mol. The number of aliphatic imine (C=N–C) groups is 6. The molecule has 0 spiro atoms. The summed E-state index contributed by atoms with van der Waals surface area (Å²) in [5.74, 6) is 0. The molecule has 3 aliphatic heterocycles. The van der Waals surface area contributed by atoms with Crippen LogP contribution < -0.4 is 0 Å². The van der Waals surface area contributed by atoms with E-state index in [1.54, 1.807) is 0 Å². The molecule has 0 N–H and O–H groups in total. The smallest absolute Gasteiger partial charge is 0.303 e. The summed E-state index contributed by atoms with van der Waals surface area (Å²) >= 11 is 0. The van der Waals surface area contributed by atoms with Crippen molar-refractivity contribution < 1.29 is 44.8 Å². The molecule has 3 aliphatic rings. The zero-order valence-electron chi connectivity index (χ0n) is 30.3. The fourth-order valence-corrected chi connectivity index (χ4v) is 6.16. The molecule has 0 aromatic heterocycles. The summed E-state index contributed by atoms with van der Waals surface area (Å²) in [5.41, 5.74) is 6.72. The second-order valence-corrected chi connectivity index (χ2v) is 13.0. The third-order valence-electron chi connectivity index (χ3n) is 8.74. The van der Waals surface area contributed by atoms with Crippen molar-refractivity contribution in [2.45, 2.75) is 38.5 Å². The van der Waals surface area contributed by atoms with Gasteiger partial charge in [0.2, 0.25) is 0 Å². The molecule has 0 aliphatic carbocycles. The van der Waals surface area contributed by atoms with Crippen molar-refractivity contribution in [2.24, 2.45) is 30.0 Å². The first kappa shape index (κ1) is 43.5. The third-order valence-corrected chi connectivity index (χ3v) is 8.74. The van der Waals surface area contributed by atoms with Crippen molar-refractivity contribution in [3.05, 3.63) is 106 Å². The van der Waals surface area contributed by atoms with Crippen LogP contribution in [-0.2, 0) is 44.8 Å². The standard InChI is InChI=1S/C42H54N8.2Ag/c1-10-37-28-38(11-1)32-44-17-5-23-50-25-7-19-46-34-40-13-2-12-39(29-40)33-45-18-6-24-49(22-4-16-43-31-37)26-8-20-47-35-41-14-3-15-42(30-41)36-48-21-9-27-50;;/h1-3,10-15,28-36H,4-9,16-27H2;;/q;2*+1. The second kappa shape index (κ2) is 26.8. The van der Waals surface area contributed by atoms with Crippen LogP contribution in [0.3, 0.4) is 0 Å². The van der Waals surface area contributed by atoms with Crippen LogP contribution >= 0.6 is 0 Å². The summed E-state index contributed by atoms with van der Waals surface area (Å²) in [6.07, 6.45) is 18.1. The molecule has 8 nitrogen and oxygen atoms in total. The first-order valence-electron chi connectivity index (χ1n) is 18.5. The fourth-order valence-electron chi connectivity index (χ4n) is 6.16. The molecule has 282 valence electrons. The number of rotatable bonds is 0. The van der Waals surface area contributed by atoms with Crippen LogP contribution in [0, 0.1) is 0 Å². The summed E-state index contributed by atoms with van der Waals surface area (Å²) < 4.78 is 0. The van der Waals surface area contributed by atoms with Gasteiger partial charge in [-0.2, -0.15) is 0 Å². The zero-order valence-corrected chi connectivity index (χ0v) is 33.3. The first-order valence-corrected chi connectivity index (χ1v) is 18.5. The number of fused-ring (bicyclic) bond motifs is 18. The summed E-state index contributed by atoms with van der Waals surface area (Å²) in [5, 5.41) is 0. The summed E-state index contributed by atoms with van der Waals surface area (Å²) in [6.45, 7) is 10.9. The molecule has 8 bridgehead atoms. The maximum absolute atomic E-state index is 4.78. The number of benzene rings is 3. The maximum atomic E-state index is 4.78. The molecule has 6 rings (SSSR count). The van der Waals surface area contributed by atoms with Crippen LogP contribution in [-0.4, -0.2) is 126 Å². The van der Waals surface area contributed by atoms with Crippen molar-refractivity contribution in [2.75, 3.05) is 78.5 Å². The number of hydrogen-bond acceptors (Lipinski definition) is 8. The minimum absolute atomic E-state index is 0. The van der Waals surface area contributed by atoms with Gasteiger partial charge >= 0.3 is 44.8 Å². The largest absolute Gasteiger partial charge is 1.00 e. The van der Waals surface area contributed by atoms with Gasteiger partial charge in [0.15, 0.2) is 0 Å². The molecule has 3 aromatic carbocycles. The van der Waals surface area contributed by atoms with E-state index in [4.69, 9.17) is 30.0 Å². The molecule has 0 fully saturated rings. The minimum Gasteiger partial charge on any atom is -0.303 e. The summed E-state index contributed by atoms with van der Waals surface area (Å²) in [6, 6.07) is 25.5. The Morgan fingerprint density at radius 2 is 0.500 bits per heavy atom. The molecule has 0 saturated heterocycles. The van der Waals surface area contributed by atoms with E-state index in [9.17, 15) is 0 Å². The van der Waals surface area contributed by atoms with Crippen LogP contribution in [0.5, 0.6) is 0 Å². The van der Waals surface area contributed by atoms with Crippen molar-refractivity contribution in [1.82, 2.24) is 9.80 Å². The van der Waals surface area contributed by atoms with E-state index in [2.05, 4.69) is 82.6 Å². The van der Waals surface area contributed by atoms with Crippen molar-refractivity contribution in [3.63, 3.8) is 0 Å². The van der Waals surface area contributed by atoms with Crippen LogP contribution in [0.2, 0.25) is 0 Å². The first-order chi connectivity index (χ1) is 24.8. The van der Waals surface area contributed by atoms with E-state index >= 15 is 0 Å². The summed E-state index contributed by atoms with van der Waals surface area (Å²) in [4.78, 5) is 33.8. The Labute approximate surface area is 342 Å². The average molecular weight is 887 g/mol. The molecule has 10 heteroatoms. The van der Waals surface area contributed by atoms with Crippen LogP contribution in [0.15, 0.2) is 103 Å². The molecule has 0 amide bonds. The topological polar surface area (TPSA) is 80.6 Å². The normalized spacial score (nSPS) is 20.1. The van der Waals surface area contributed by atoms with E-state index in [-0.39, 0.29) is 44.8 Å². The van der Waals surface area contributed by atoms with E-state index in [1.807, 2.05) is 37.3 Å². The Morgan fingerprint density at radius 1 is 0.308 bits per heavy atom. The maximum Gasteiger partial charge on any atom is 1.00 e. The van der Waals surface area contributed by atoms with Crippen LogP contribution in [0.1, 0.15) is 71.9 Å². The van der Waals surface area contributed by atoms with Gasteiger partial charge in [0.25, 0.3) is 0 Å². The molecule has 52 heavy (non-hydrogen) atoms. The van der Waals surface area contributed by atoms with Gasteiger partial charge in [-0.15, -0.1) is 0 Å². The Morgan fingerprint density at radius 3 is 0.692 bits per heavy atom. The molecular formula is C42H54Ag2N8+2. The Bertz CT molecular complexity index is 1320. The van der Waals surface area contributed by atoms with Crippen molar-refractivity contribution in [1.29, 1.82) is 0 Å². The third kappa shape index (κ3) is 17.7. The Balaban J connectivity index is 0.00000364. The van der Waals surface area contributed by atoms with E-state index in [1.165, 1.54) is 0 Å². The van der Waals surface area contributed by atoms with Gasteiger partial charge in [0.1, 0.15) is 0 Å². The SMILES string of the molecule is C1=NCCCN2CCCN=Cc3cccc(c3)C=NCCCN(CCCN=Cc3cccc1c3)CCCN=Cc1cccc(c1)C=NCCC2.[Ag+].[Ag+]. The molecule has 0 saturated carbocycles. The van der Waals surface area contributed by atoms with E-state index in [0.717, 1.165) is 150 Å². The van der Waals surface area contributed by atoms with E-state index in [0.29, 0.717) is 0 Å². The van der Waals surface area contributed by atoms with Crippen LogP contribution in [0.25, 0.3) is 0 Å². The molecule has 0 radical (unpaired) electrons. The van der Waals surface area contributed by atoms with E-state index < -0.39 is 0 Å². The van der Waals surface area contributed by atoms with Gasteiger partial charge in [0.05, 0.1) is 0 Å². The molecule has 3 heterocycles. The monoisotopic (exact) mass is 884 g/mol. The minimum atomic E-state index is 0. The van der Waals surface area contributed by atoms with Crippen molar-refractivity contribution >= 4 is 37.3 Å². The molecular weight excluding hydrogens is 832 g/mol. The number of hydrogen-bond donors (Lipinski definition) is 0. The summed E-state index contributed by atoms with van der Waals surface area (Å²) in [7, 11) is 0. The molecule has 0 atom stereocenters. The fraction of sp³-hybridized carbons (Fsp3) is 0.429. The van der Waals surface area contributed by atoms with Gasteiger partial charge in [-0.1, -0.05) is 54.6 Å². The average Bonchev–Trinajstić information content (AvgIpc) is 3.13. The van der Waals surface area contributed by atoms with Crippen molar-refractivity contribution in [3.8, 4) is 0 Å². The zero-order chi connectivity index (χ0) is 34.3. The van der Waals surface area contributed by atoms with Gasteiger partial charge in [-0.25, -0.2) is 0 Å². The second-order valence-electron chi connectivity index (χ2n) is 13.0. The Kier molecular flexibility index (Phi) is 22.4. The molecule has 3 aromatic rings.